The van der Waals surface area contributed by atoms with Crippen molar-refractivity contribution in [3.63, 3.8) is 0 Å². The summed E-state index contributed by atoms with van der Waals surface area (Å²) >= 11 is 6.76. The van der Waals surface area contributed by atoms with Crippen molar-refractivity contribution < 1.29 is 0 Å². The highest BCUT2D eigenvalue weighted by Crippen LogP contribution is 2.72. The van der Waals surface area contributed by atoms with Crippen molar-refractivity contribution in [1.29, 1.82) is 0 Å². The molecule has 5 aromatic rings. The molecule has 32 heavy (non-hydrogen) atoms. The van der Waals surface area contributed by atoms with Gasteiger partial charge in [0, 0.05) is 21.5 Å². The lowest BCUT2D eigenvalue weighted by Gasteiger charge is -2.40. The largest absolute Gasteiger partial charge is 0.126 e. The van der Waals surface area contributed by atoms with Crippen LogP contribution >= 0.6 is 27.1 Å². The molecule has 5 rings (SSSR count). The summed E-state index contributed by atoms with van der Waals surface area (Å²) in [5, 5.41) is 9.10. The first-order valence-corrected chi connectivity index (χ1v) is 14.4. The minimum absolute atomic E-state index is 0.0325. The first-order valence-electron chi connectivity index (χ1n) is 11.0. The summed E-state index contributed by atoms with van der Waals surface area (Å²) in [6.07, 6.45) is 0. The maximum absolute atomic E-state index is 6.76. The molecule has 0 bridgehead atoms. The van der Waals surface area contributed by atoms with Gasteiger partial charge in [-0.1, -0.05) is 131 Å². The van der Waals surface area contributed by atoms with Crippen LogP contribution in [0.2, 0.25) is 0 Å². The van der Waals surface area contributed by atoms with E-state index in [1.807, 2.05) is 0 Å². The fourth-order valence-electron chi connectivity index (χ4n) is 4.71. The molecule has 0 aliphatic heterocycles. The molecule has 0 aliphatic rings. The van der Waals surface area contributed by atoms with E-state index in [0.29, 0.717) is 11.3 Å². The minimum Gasteiger partial charge on any atom is -0.126 e. The molecule has 4 aromatic carbocycles. The summed E-state index contributed by atoms with van der Waals surface area (Å²) < 4.78 is 0. The van der Waals surface area contributed by atoms with Crippen LogP contribution in [0, 0.1) is 5.41 Å². The summed E-state index contributed by atoms with van der Waals surface area (Å²) in [6, 6.07) is 40.3. The molecule has 0 spiro atoms. The van der Waals surface area contributed by atoms with Gasteiger partial charge in [-0.05, 0) is 34.7 Å². The quantitative estimate of drug-likeness (QED) is 0.171. The molecule has 1 atom stereocenters. The average molecular weight is 473 g/mol. The summed E-state index contributed by atoms with van der Waals surface area (Å²) in [5.74, 6) is 0.638. The SMILES string of the molecule is CC(C)(CCl)[C@H](P(c1ccccc1)c1ccccc1)p1c2ccccc2c2ccccc21. The van der Waals surface area contributed by atoms with Gasteiger partial charge >= 0.3 is 0 Å². The van der Waals surface area contributed by atoms with E-state index in [2.05, 4.69) is 123 Å². The molecule has 0 unspecified atom stereocenters. The van der Waals surface area contributed by atoms with E-state index in [9.17, 15) is 0 Å². The normalized spacial score (nSPS) is 13.1. The zero-order chi connectivity index (χ0) is 22.1. The topological polar surface area (TPSA) is 0 Å². The van der Waals surface area contributed by atoms with Gasteiger partial charge in [0.05, 0.1) is 0 Å². The van der Waals surface area contributed by atoms with Gasteiger partial charge in [0.15, 0.2) is 0 Å². The van der Waals surface area contributed by atoms with E-state index in [-0.39, 0.29) is 5.41 Å². The van der Waals surface area contributed by atoms with Crippen molar-refractivity contribution in [2.24, 2.45) is 5.41 Å². The van der Waals surface area contributed by atoms with Gasteiger partial charge in [-0.25, -0.2) is 0 Å². The molecule has 0 saturated carbocycles. The lowest BCUT2D eigenvalue weighted by molar-refractivity contribution is 0.441. The Morgan fingerprint density at radius 1 is 0.656 bits per heavy atom. The zero-order valence-corrected chi connectivity index (χ0v) is 21.0. The zero-order valence-electron chi connectivity index (χ0n) is 18.4. The fourth-order valence-corrected chi connectivity index (χ4v) is 13.2. The Morgan fingerprint density at radius 3 is 1.50 bits per heavy atom. The van der Waals surface area contributed by atoms with Gasteiger partial charge in [0.2, 0.25) is 0 Å². The molecule has 1 aromatic heterocycles. The Balaban J connectivity index is 1.88. The maximum Gasteiger partial charge on any atom is 0.0330 e. The van der Waals surface area contributed by atoms with Crippen molar-refractivity contribution in [3.8, 4) is 0 Å². The Labute approximate surface area is 198 Å². The molecule has 0 aliphatic carbocycles. The van der Waals surface area contributed by atoms with Gasteiger partial charge in [-0.3, -0.25) is 0 Å². The van der Waals surface area contributed by atoms with E-state index >= 15 is 0 Å². The standard InChI is InChI=1S/C29H27ClP2/c1-29(2,21-30)28(31(22-13-5-3-6-14-22)23-15-7-4-8-16-23)32-26-19-11-9-17-24(26)25-18-10-12-20-27(25)32/h3-20,28H,21H2,1-2H3/t28-/m1/s1. The molecule has 0 fully saturated rings. The molecular weight excluding hydrogens is 446 g/mol. The Bertz CT molecular complexity index is 1250. The lowest BCUT2D eigenvalue weighted by Crippen LogP contribution is -2.26. The molecule has 3 heteroatoms. The summed E-state index contributed by atoms with van der Waals surface area (Å²) in [6.45, 7) is 4.75. The van der Waals surface area contributed by atoms with Crippen molar-refractivity contribution in [2.75, 3.05) is 5.88 Å². The Morgan fingerprint density at radius 2 is 1.06 bits per heavy atom. The highest BCUT2D eigenvalue weighted by Gasteiger charge is 2.40. The number of rotatable bonds is 6. The van der Waals surface area contributed by atoms with E-state index in [4.69, 9.17) is 11.6 Å². The number of halogens is 1. The van der Waals surface area contributed by atoms with Crippen molar-refractivity contribution >= 4 is 58.7 Å². The van der Waals surface area contributed by atoms with Gasteiger partial charge in [0.1, 0.15) is 0 Å². The molecular formula is C29H27ClP2. The van der Waals surface area contributed by atoms with E-state index in [0.717, 1.165) is 0 Å². The summed E-state index contributed by atoms with van der Waals surface area (Å²) in [5.41, 5.74) is -0.0325. The highest BCUT2D eigenvalue weighted by molar-refractivity contribution is 7.84. The highest BCUT2D eigenvalue weighted by atomic mass is 35.5. The molecule has 0 nitrogen and oxygen atoms in total. The van der Waals surface area contributed by atoms with Crippen LogP contribution in [0.5, 0.6) is 0 Å². The van der Waals surface area contributed by atoms with Crippen molar-refractivity contribution in [1.82, 2.24) is 0 Å². The Hall–Kier alpha value is -2.10. The third-order valence-corrected chi connectivity index (χ3v) is 14.2. The minimum atomic E-state index is -0.624. The molecule has 160 valence electrons. The van der Waals surface area contributed by atoms with Crippen LogP contribution in [-0.2, 0) is 0 Å². The van der Waals surface area contributed by atoms with Gasteiger partial charge in [-0.15, -0.1) is 11.6 Å². The van der Waals surface area contributed by atoms with Crippen LogP contribution in [0.3, 0.4) is 0 Å². The van der Waals surface area contributed by atoms with Gasteiger partial charge in [-0.2, -0.15) is 0 Å². The van der Waals surface area contributed by atoms with Crippen LogP contribution in [0.1, 0.15) is 19.2 Å². The van der Waals surface area contributed by atoms with Gasteiger partial charge in [0.25, 0.3) is 0 Å². The van der Waals surface area contributed by atoms with Crippen molar-refractivity contribution in [2.45, 2.75) is 19.2 Å². The fraction of sp³-hybridized carbons (Fsp3) is 0.172. The van der Waals surface area contributed by atoms with Crippen LogP contribution in [0.15, 0.2) is 109 Å². The molecule has 0 saturated heterocycles. The van der Waals surface area contributed by atoms with Crippen LogP contribution in [0.25, 0.3) is 21.0 Å². The lowest BCUT2D eigenvalue weighted by atomic mass is 9.99. The second kappa shape index (κ2) is 9.03. The monoisotopic (exact) mass is 472 g/mol. The van der Waals surface area contributed by atoms with Gasteiger partial charge < -0.3 is 0 Å². The number of hydrogen-bond acceptors (Lipinski definition) is 0. The summed E-state index contributed by atoms with van der Waals surface area (Å²) in [4.78, 5) is 0. The van der Waals surface area contributed by atoms with E-state index in [1.165, 1.54) is 31.6 Å². The maximum atomic E-state index is 6.76. The number of fused-ring (bicyclic) bond motifs is 3. The number of hydrogen-bond donors (Lipinski definition) is 0. The summed E-state index contributed by atoms with van der Waals surface area (Å²) in [7, 11) is -1.20. The first-order chi connectivity index (χ1) is 15.6. The molecule has 0 amide bonds. The molecule has 0 radical (unpaired) electrons. The average Bonchev–Trinajstić information content (AvgIpc) is 3.17. The third kappa shape index (κ3) is 3.80. The first kappa shape index (κ1) is 21.7. The molecule has 0 N–H and O–H groups in total. The Kier molecular flexibility index (Phi) is 6.14. The number of alkyl halides is 1. The van der Waals surface area contributed by atoms with Crippen LogP contribution < -0.4 is 10.6 Å². The molecule has 1 heterocycles. The van der Waals surface area contributed by atoms with Crippen LogP contribution in [-0.4, -0.2) is 5.88 Å². The van der Waals surface area contributed by atoms with E-state index in [1.54, 1.807) is 0 Å². The van der Waals surface area contributed by atoms with E-state index < -0.39 is 15.5 Å². The number of benzene rings is 4. The predicted molar refractivity (Wildman–Crippen MR) is 147 cm³/mol. The van der Waals surface area contributed by atoms with Crippen LogP contribution in [0.4, 0.5) is 0 Å². The smallest absolute Gasteiger partial charge is 0.0330 e. The second-order valence-electron chi connectivity index (χ2n) is 8.94. The third-order valence-electron chi connectivity index (χ3n) is 6.22. The predicted octanol–water partition coefficient (Wildman–Crippen LogP) is 8.88. The van der Waals surface area contributed by atoms with Crippen molar-refractivity contribution in [3.05, 3.63) is 109 Å². The second-order valence-corrected chi connectivity index (χ2v) is 14.1.